The number of aliphatic hydroxyl groups is 1. The minimum Gasteiger partial charge on any atom is -0.389 e. The van der Waals surface area contributed by atoms with Gasteiger partial charge in [0.2, 0.25) is 5.95 Å². The van der Waals surface area contributed by atoms with Crippen molar-refractivity contribution in [1.29, 1.82) is 0 Å². The van der Waals surface area contributed by atoms with Crippen molar-refractivity contribution in [2.75, 3.05) is 11.4 Å². The molecule has 0 amide bonds. The number of β-amino-alcohol motifs (C(OH)–C–C–N with tert-alkyl or cyclic N) is 1. The van der Waals surface area contributed by atoms with Gasteiger partial charge in [0, 0.05) is 12.7 Å². The van der Waals surface area contributed by atoms with Gasteiger partial charge >= 0.3 is 5.69 Å². The summed E-state index contributed by atoms with van der Waals surface area (Å²) in [5, 5.41) is 12.6. The lowest BCUT2D eigenvalue weighted by Gasteiger charge is -2.32. The number of fused-ring (bicyclic) bond motifs is 4. The molecule has 1 unspecified atom stereocenters. The molecule has 1 atom stereocenters. The summed E-state index contributed by atoms with van der Waals surface area (Å²) in [6, 6.07) is 14.0. The second-order valence-electron chi connectivity index (χ2n) is 6.81. The highest BCUT2D eigenvalue weighted by Gasteiger charge is 2.29. The number of anilines is 2. The van der Waals surface area contributed by atoms with Gasteiger partial charge in [0.15, 0.2) is 11.2 Å². The highest BCUT2D eigenvalue weighted by molar-refractivity contribution is 5.87. The van der Waals surface area contributed by atoms with Crippen LogP contribution in [0.3, 0.4) is 0 Å². The van der Waals surface area contributed by atoms with E-state index in [2.05, 4.69) is 9.97 Å². The summed E-state index contributed by atoms with van der Waals surface area (Å²) >= 11 is 0. The third-order valence-electron chi connectivity index (χ3n) is 5.06. The zero-order valence-corrected chi connectivity index (χ0v) is 14.6. The molecule has 2 N–H and O–H groups in total. The minimum atomic E-state index is -0.669. The van der Waals surface area contributed by atoms with E-state index in [9.17, 15) is 14.7 Å². The van der Waals surface area contributed by atoms with E-state index < -0.39 is 17.4 Å². The van der Waals surface area contributed by atoms with Crippen LogP contribution in [0.25, 0.3) is 21.9 Å². The van der Waals surface area contributed by atoms with Gasteiger partial charge in [0.25, 0.3) is 5.56 Å². The predicted octanol–water partition coefficient (Wildman–Crippen LogP) is 1.09. The number of nitrogens with zero attached hydrogens (tertiary/aromatic N) is 4. The maximum absolute atomic E-state index is 12.4. The van der Waals surface area contributed by atoms with E-state index >= 15 is 0 Å². The van der Waals surface area contributed by atoms with Gasteiger partial charge in [0.1, 0.15) is 0 Å². The van der Waals surface area contributed by atoms with Crippen LogP contribution >= 0.6 is 0 Å². The van der Waals surface area contributed by atoms with Gasteiger partial charge in [0.05, 0.1) is 19.2 Å². The molecule has 5 rings (SSSR count). The summed E-state index contributed by atoms with van der Waals surface area (Å²) < 4.78 is 2.99. The molecule has 27 heavy (non-hydrogen) atoms. The van der Waals surface area contributed by atoms with Crippen LogP contribution < -0.4 is 16.1 Å². The number of aryl methyl sites for hydroxylation is 1. The second-order valence-corrected chi connectivity index (χ2v) is 6.81. The number of imidazole rings is 1. The molecular weight excluding hydrogens is 346 g/mol. The molecule has 4 aromatic rings. The molecule has 0 aliphatic carbocycles. The number of rotatable bonds is 1. The Morgan fingerprint density at radius 2 is 1.89 bits per heavy atom. The standard InChI is InChI=1S/C19H17N5O3/c1-22-16-15(17(26)21-19(22)27)24-10-14(25)9-23(18(24)20-16)13-7-6-11-4-2-3-5-12(11)8-13/h2-8,14,25H,9-10H2,1H3,(H,21,26,27). The van der Waals surface area contributed by atoms with Gasteiger partial charge in [-0.1, -0.05) is 30.3 Å². The number of aliphatic hydroxyl groups excluding tert-OH is 1. The average molecular weight is 363 g/mol. The molecule has 136 valence electrons. The topological polar surface area (TPSA) is 96.2 Å². The van der Waals surface area contributed by atoms with E-state index in [-0.39, 0.29) is 12.1 Å². The third-order valence-corrected chi connectivity index (χ3v) is 5.06. The number of aromatic nitrogens is 4. The van der Waals surface area contributed by atoms with Gasteiger partial charge < -0.3 is 14.6 Å². The van der Waals surface area contributed by atoms with Gasteiger partial charge in [-0.3, -0.25) is 14.3 Å². The lowest BCUT2D eigenvalue weighted by atomic mass is 10.1. The monoisotopic (exact) mass is 363 g/mol. The zero-order valence-electron chi connectivity index (χ0n) is 14.6. The summed E-state index contributed by atoms with van der Waals surface area (Å²) in [5.41, 5.74) is 0.445. The molecule has 0 saturated heterocycles. The molecular formula is C19H17N5O3. The molecule has 8 heteroatoms. The summed E-state index contributed by atoms with van der Waals surface area (Å²) in [5.74, 6) is 0.539. The molecule has 0 radical (unpaired) electrons. The summed E-state index contributed by atoms with van der Waals surface area (Å²) in [6.07, 6.45) is -0.669. The van der Waals surface area contributed by atoms with Crippen molar-refractivity contribution in [2.45, 2.75) is 12.6 Å². The quantitative estimate of drug-likeness (QED) is 0.528. The molecule has 0 saturated carbocycles. The number of aromatic amines is 1. The van der Waals surface area contributed by atoms with E-state index in [1.165, 1.54) is 4.57 Å². The first-order valence-electron chi connectivity index (χ1n) is 8.67. The van der Waals surface area contributed by atoms with Crippen LogP contribution in [-0.2, 0) is 13.6 Å². The van der Waals surface area contributed by atoms with Crippen LogP contribution in [0, 0.1) is 0 Å². The Bertz CT molecular complexity index is 1320. The largest absolute Gasteiger partial charge is 0.389 e. The van der Waals surface area contributed by atoms with Gasteiger partial charge in [-0.15, -0.1) is 0 Å². The highest BCUT2D eigenvalue weighted by Crippen LogP contribution is 2.32. The van der Waals surface area contributed by atoms with E-state index in [1.807, 2.05) is 47.4 Å². The highest BCUT2D eigenvalue weighted by atomic mass is 16.3. The first kappa shape index (κ1) is 15.8. The zero-order chi connectivity index (χ0) is 18.7. The fourth-order valence-corrected chi connectivity index (χ4v) is 3.73. The maximum Gasteiger partial charge on any atom is 0.329 e. The first-order chi connectivity index (χ1) is 13.0. The number of benzene rings is 2. The van der Waals surface area contributed by atoms with Crippen molar-refractivity contribution in [1.82, 2.24) is 19.1 Å². The van der Waals surface area contributed by atoms with E-state index in [1.54, 1.807) is 11.6 Å². The Hall–Kier alpha value is -3.39. The molecule has 8 nitrogen and oxygen atoms in total. The molecule has 1 aliphatic rings. The van der Waals surface area contributed by atoms with Crippen LogP contribution in [0.1, 0.15) is 0 Å². The molecule has 0 bridgehead atoms. The summed E-state index contributed by atoms with van der Waals surface area (Å²) in [7, 11) is 1.57. The van der Waals surface area contributed by atoms with E-state index in [0.717, 1.165) is 16.5 Å². The van der Waals surface area contributed by atoms with Crippen molar-refractivity contribution < 1.29 is 5.11 Å². The molecule has 1 aliphatic heterocycles. The Labute approximate surface area is 152 Å². The van der Waals surface area contributed by atoms with Crippen LogP contribution in [-0.4, -0.2) is 36.9 Å². The smallest absolute Gasteiger partial charge is 0.329 e. The fraction of sp³-hybridized carbons (Fsp3) is 0.211. The Morgan fingerprint density at radius 3 is 2.70 bits per heavy atom. The molecule has 0 spiro atoms. The molecule has 3 heterocycles. The summed E-state index contributed by atoms with van der Waals surface area (Å²) in [4.78, 5) is 33.1. The normalized spacial score (nSPS) is 16.8. The minimum absolute atomic E-state index is 0.247. The van der Waals surface area contributed by atoms with Crippen LogP contribution in [0.4, 0.5) is 11.6 Å². The van der Waals surface area contributed by atoms with E-state index in [4.69, 9.17) is 0 Å². The SMILES string of the molecule is Cn1c(=O)[nH]c(=O)c2c1nc1n2CC(O)CN1c1ccc2ccccc2c1. The van der Waals surface area contributed by atoms with Gasteiger partial charge in [-0.2, -0.15) is 4.98 Å². The molecule has 2 aromatic carbocycles. The van der Waals surface area contributed by atoms with Crippen molar-refractivity contribution in [3.8, 4) is 0 Å². The van der Waals surface area contributed by atoms with Crippen molar-refractivity contribution in [3.63, 3.8) is 0 Å². The molecule has 0 fully saturated rings. The second kappa shape index (κ2) is 5.55. The Morgan fingerprint density at radius 1 is 1.11 bits per heavy atom. The first-order valence-corrected chi connectivity index (χ1v) is 8.67. The van der Waals surface area contributed by atoms with Crippen LogP contribution in [0.15, 0.2) is 52.1 Å². The fourth-order valence-electron chi connectivity index (χ4n) is 3.73. The van der Waals surface area contributed by atoms with E-state index in [0.29, 0.717) is 18.1 Å². The Kier molecular flexibility index (Phi) is 3.26. The lowest BCUT2D eigenvalue weighted by molar-refractivity contribution is 0.154. The number of H-pyrrole nitrogens is 1. The Balaban J connectivity index is 1.77. The average Bonchev–Trinajstić information content (AvgIpc) is 3.05. The van der Waals surface area contributed by atoms with Gasteiger partial charge in [-0.25, -0.2) is 4.79 Å². The third kappa shape index (κ3) is 2.30. The number of nitrogens with one attached hydrogen (secondary N) is 1. The van der Waals surface area contributed by atoms with Gasteiger partial charge in [-0.05, 0) is 22.9 Å². The van der Waals surface area contributed by atoms with Crippen LogP contribution in [0.5, 0.6) is 0 Å². The molecule has 2 aromatic heterocycles. The lowest BCUT2D eigenvalue weighted by Crippen LogP contribution is -2.39. The van der Waals surface area contributed by atoms with Crippen LogP contribution in [0.2, 0.25) is 0 Å². The summed E-state index contributed by atoms with van der Waals surface area (Å²) in [6.45, 7) is 0.602. The van der Waals surface area contributed by atoms with Crippen molar-refractivity contribution >= 4 is 33.6 Å². The predicted molar refractivity (Wildman–Crippen MR) is 103 cm³/mol. The maximum atomic E-state index is 12.4. The number of hydrogen-bond donors (Lipinski definition) is 2. The van der Waals surface area contributed by atoms with Crippen molar-refractivity contribution in [2.24, 2.45) is 7.05 Å². The van der Waals surface area contributed by atoms with Crippen molar-refractivity contribution in [3.05, 3.63) is 63.3 Å². The number of hydrogen-bond acceptors (Lipinski definition) is 5.